The van der Waals surface area contributed by atoms with E-state index in [1.54, 1.807) is 31.4 Å². The summed E-state index contributed by atoms with van der Waals surface area (Å²) < 4.78 is 12.9. The number of aryl methyl sites for hydroxylation is 1. The van der Waals surface area contributed by atoms with Crippen molar-refractivity contribution >= 4 is 35.3 Å². The smallest absolute Gasteiger partial charge is 0.318 e. The topological polar surface area (TPSA) is 121 Å². The van der Waals surface area contributed by atoms with Crippen LogP contribution in [0.15, 0.2) is 47.6 Å². The summed E-state index contributed by atoms with van der Waals surface area (Å²) in [6.07, 6.45) is 0.0901. The molecule has 0 bridgehead atoms. The van der Waals surface area contributed by atoms with E-state index in [9.17, 15) is 9.59 Å². The number of ether oxygens (including phenoxy) is 2. The Hall–Kier alpha value is -3.24. The molecule has 0 aliphatic carbocycles. The Morgan fingerprint density at radius 1 is 1.16 bits per heavy atom. The highest BCUT2D eigenvalue weighted by Gasteiger charge is 2.17. The third kappa shape index (κ3) is 6.14. The highest BCUT2D eigenvalue weighted by Crippen LogP contribution is 2.27. The number of aromatic nitrogens is 3. The van der Waals surface area contributed by atoms with Crippen molar-refractivity contribution in [2.24, 2.45) is 5.73 Å². The predicted octanol–water partition coefficient (Wildman–Crippen LogP) is 3.49. The summed E-state index contributed by atoms with van der Waals surface area (Å²) in [6.45, 7) is 2.08. The molecule has 2 aromatic carbocycles. The number of carbonyl (C=O) groups is 2. The van der Waals surface area contributed by atoms with Crippen molar-refractivity contribution in [1.29, 1.82) is 0 Å². The maximum Gasteiger partial charge on any atom is 0.318 e. The van der Waals surface area contributed by atoms with Gasteiger partial charge in [-0.25, -0.2) is 4.79 Å². The second-order valence-corrected chi connectivity index (χ2v) is 8.11. The zero-order chi connectivity index (χ0) is 23.1. The van der Waals surface area contributed by atoms with Crippen molar-refractivity contribution in [3.05, 3.63) is 58.9 Å². The van der Waals surface area contributed by atoms with Crippen molar-refractivity contribution < 1.29 is 19.1 Å². The molecule has 3 amide bonds. The quantitative estimate of drug-likeness (QED) is 0.454. The van der Waals surface area contributed by atoms with Crippen molar-refractivity contribution in [2.45, 2.75) is 25.1 Å². The molecular weight excluding hydrogens is 454 g/mol. The molecule has 32 heavy (non-hydrogen) atoms. The van der Waals surface area contributed by atoms with Gasteiger partial charge in [0.05, 0.1) is 12.8 Å². The number of hydrogen-bond donors (Lipinski definition) is 2. The lowest BCUT2D eigenvalue weighted by Gasteiger charge is -2.12. The van der Waals surface area contributed by atoms with Crippen molar-refractivity contribution in [2.75, 3.05) is 12.9 Å². The maximum atomic E-state index is 11.7. The zero-order valence-corrected chi connectivity index (χ0v) is 19.1. The fourth-order valence-corrected chi connectivity index (χ4v) is 3.81. The highest BCUT2D eigenvalue weighted by atomic mass is 35.5. The fourth-order valence-electron chi connectivity index (χ4n) is 2.72. The van der Waals surface area contributed by atoms with Gasteiger partial charge in [-0.3, -0.25) is 14.7 Å². The van der Waals surface area contributed by atoms with Crippen LogP contribution in [0.2, 0.25) is 5.02 Å². The van der Waals surface area contributed by atoms with E-state index in [2.05, 4.69) is 10.2 Å². The lowest BCUT2D eigenvalue weighted by Crippen LogP contribution is -2.35. The highest BCUT2D eigenvalue weighted by molar-refractivity contribution is 7.99. The average Bonchev–Trinajstić information content (AvgIpc) is 3.16. The van der Waals surface area contributed by atoms with Gasteiger partial charge in [0.1, 0.15) is 18.1 Å². The molecule has 0 radical (unpaired) electrons. The third-order valence-corrected chi connectivity index (χ3v) is 5.70. The van der Waals surface area contributed by atoms with E-state index < -0.39 is 11.9 Å². The standard InChI is InChI=1S/C21H22ClN5O4S/c1-13-3-4-14(11-17(13)22)27-18(12-31-16-7-5-15(30-2)6-8-16)25-26-21(27)32-10-9-19(28)24-20(23)29/h3-8,11H,9-10,12H2,1-2H3,(H3,23,24,28,29). The third-order valence-electron chi connectivity index (χ3n) is 4.36. The van der Waals surface area contributed by atoms with E-state index in [4.69, 9.17) is 26.8 Å². The molecule has 0 aliphatic heterocycles. The molecule has 0 fully saturated rings. The van der Waals surface area contributed by atoms with Crippen LogP contribution in [0.4, 0.5) is 4.79 Å². The summed E-state index contributed by atoms with van der Waals surface area (Å²) in [5.41, 5.74) is 6.67. The first-order valence-electron chi connectivity index (χ1n) is 9.57. The monoisotopic (exact) mass is 475 g/mol. The molecule has 11 heteroatoms. The molecule has 1 heterocycles. The minimum atomic E-state index is -0.879. The number of hydrogen-bond acceptors (Lipinski definition) is 7. The Balaban J connectivity index is 1.80. The minimum absolute atomic E-state index is 0.0901. The van der Waals surface area contributed by atoms with E-state index in [1.807, 2.05) is 35.0 Å². The number of nitrogens with zero attached hydrogens (tertiary/aromatic N) is 3. The van der Waals surface area contributed by atoms with Gasteiger partial charge in [-0.2, -0.15) is 0 Å². The number of nitrogens with two attached hydrogens (primary N) is 1. The van der Waals surface area contributed by atoms with Crippen LogP contribution in [-0.2, 0) is 11.4 Å². The van der Waals surface area contributed by atoms with Gasteiger partial charge in [-0.15, -0.1) is 10.2 Å². The molecule has 3 N–H and O–H groups in total. The normalized spacial score (nSPS) is 10.6. The van der Waals surface area contributed by atoms with Crippen molar-refractivity contribution in [3.8, 4) is 17.2 Å². The van der Waals surface area contributed by atoms with Crippen LogP contribution in [0.25, 0.3) is 5.69 Å². The number of benzene rings is 2. The number of carbonyl (C=O) groups excluding carboxylic acids is 2. The van der Waals surface area contributed by atoms with Crippen LogP contribution in [0.5, 0.6) is 11.5 Å². The van der Waals surface area contributed by atoms with Gasteiger partial charge in [0.2, 0.25) is 5.91 Å². The Bertz CT molecular complexity index is 1100. The number of imide groups is 1. The van der Waals surface area contributed by atoms with Crippen LogP contribution in [-0.4, -0.2) is 39.6 Å². The first-order valence-corrected chi connectivity index (χ1v) is 10.9. The van der Waals surface area contributed by atoms with Crippen molar-refractivity contribution in [3.63, 3.8) is 0 Å². The van der Waals surface area contributed by atoms with E-state index in [1.165, 1.54) is 11.8 Å². The van der Waals surface area contributed by atoms with Gasteiger partial charge >= 0.3 is 6.03 Å². The average molecular weight is 476 g/mol. The molecule has 0 saturated carbocycles. The van der Waals surface area contributed by atoms with Gasteiger partial charge in [0, 0.05) is 17.2 Å². The predicted molar refractivity (Wildman–Crippen MR) is 121 cm³/mol. The van der Waals surface area contributed by atoms with Gasteiger partial charge in [0.25, 0.3) is 0 Å². The molecule has 9 nitrogen and oxygen atoms in total. The summed E-state index contributed by atoms with van der Waals surface area (Å²) in [6, 6.07) is 12.0. The molecule has 0 spiro atoms. The van der Waals surface area contributed by atoms with Crippen molar-refractivity contribution in [1.82, 2.24) is 20.1 Å². The summed E-state index contributed by atoms with van der Waals surface area (Å²) in [4.78, 5) is 22.5. The van der Waals surface area contributed by atoms with Gasteiger partial charge in [-0.1, -0.05) is 29.4 Å². The van der Waals surface area contributed by atoms with Gasteiger partial charge < -0.3 is 15.2 Å². The van der Waals surface area contributed by atoms with E-state index >= 15 is 0 Å². The molecule has 0 unspecified atom stereocenters. The molecule has 1 aromatic heterocycles. The van der Waals surface area contributed by atoms with E-state index in [0.717, 1.165) is 17.0 Å². The van der Waals surface area contributed by atoms with Crippen LogP contribution >= 0.6 is 23.4 Å². The van der Waals surface area contributed by atoms with Gasteiger partial charge in [0.15, 0.2) is 11.0 Å². The summed E-state index contributed by atoms with van der Waals surface area (Å²) >= 11 is 7.65. The summed E-state index contributed by atoms with van der Waals surface area (Å²) in [5, 5.41) is 11.7. The Morgan fingerprint density at radius 3 is 2.53 bits per heavy atom. The van der Waals surface area contributed by atoms with Crippen LogP contribution in [0.3, 0.4) is 0 Å². The number of halogens is 1. The lowest BCUT2D eigenvalue weighted by molar-refractivity contribution is -0.119. The zero-order valence-electron chi connectivity index (χ0n) is 17.5. The number of amides is 3. The number of nitrogens with one attached hydrogen (secondary N) is 1. The fraction of sp³-hybridized carbons (Fsp3) is 0.238. The van der Waals surface area contributed by atoms with E-state index in [-0.39, 0.29) is 13.0 Å². The summed E-state index contributed by atoms with van der Waals surface area (Å²) in [5.74, 6) is 1.85. The largest absolute Gasteiger partial charge is 0.497 e. The first kappa shape index (κ1) is 23.4. The van der Waals surface area contributed by atoms with E-state index in [0.29, 0.717) is 27.5 Å². The van der Waals surface area contributed by atoms with Gasteiger partial charge in [-0.05, 0) is 48.9 Å². The first-order chi connectivity index (χ1) is 15.4. The number of methoxy groups -OCH3 is 1. The molecule has 0 atom stereocenters. The number of rotatable bonds is 9. The summed E-state index contributed by atoms with van der Waals surface area (Å²) in [7, 11) is 1.60. The second-order valence-electron chi connectivity index (χ2n) is 6.64. The molecule has 3 rings (SSSR count). The molecular formula is C21H22ClN5O4S. The second kappa shape index (κ2) is 10.9. The maximum absolute atomic E-state index is 11.7. The molecule has 168 valence electrons. The molecule has 3 aromatic rings. The Labute approximate surface area is 194 Å². The Kier molecular flexibility index (Phi) is 7.96. The number of urea groups is 1. The van der Waals surface area contributed by atoms with Crippen LogP contribution < -0.4 is 20.5 Å². The lowest BCUT2D eigenvalue weighted by atomic mass is 10.2. The van der Waals surface area contributed by atoms with Crippen LogP contribution in [0, 0.1) is 6.92 Å². The minimum Gasteiger partial charge on any atom is -0.497 e. The Morgan fingerprint density at radius 2 is 1.88 bits per heavy atom. The molecule has 0 aliphatic rings. The SMILES string of the molecule is COc1ccc(OCc2nnc(SCCC(=O)NC(N)=O)n2-c2ccc(C)c(Cl)c2)cc1. The van der Waals surface area contributed by atoms with Crippen LogP contribution in [0.1, 0.15) is 17.8 Å². The number of primary amides is 1. The number of thioether (sulfide) groups is 1. The molecule has 0 saturated heterocycles.